The fourth-order valence-electron chi connectivity index (χ4n) is 2.48. The van der Waals surface area contributed by atoms with E-state index in [9.17, 15) is 0 Å². The Morgan fingerprint density at radius 2 is 2.21 bits per heavy atom. The summed E-state index contributed by atoms with van der Waals surface area (Å²) in [5, 5.41) is 3.66. The predicted molar refractivity (Wildman–Crippen MR) is 64.0 cm³/mol. The monoisotopic (exact) mass is 214 g/mol. The zero-order valence-electron chi connectivity index (χ0n) is 9.33. The number of likely N-dealkylation sites (tertiary alicyclic amines) is 1. The topological polar surface area (TPSA) is 15.3 Å². The molecule has 1 aliphatic heterocycles. The molecule has 2 unspecified atom stereocenters. The molecule has 1 saturated heterocycles. The van der Waals surface area contributed by atoms with Crippen molar-refractivity contribution >= 4 is 11.8 Å². The van der Waals surface area contributed by atoms with Crippen LogP contribution in [0.25, 0.3) is 0 Å². The summed E-state index contributed by atoms with van der Waals surface area (Å²) in [7, 11) is 0. The quantitative estimate of drug-likeness (QED) is 0.699. The molecule has 0 aromatic heterocycles. The molecule has 1 saturated carbocycles. The highest BCUT2D eigenvalue weighted by Gasteiger charge is 2.38. The van der Waals surface area contributed by atoms with Gasteiger partial charge in [-0.1, -0.05) is 0 Å². The lowest BCUT2D eigenvalue weighted by atomic mass is 10.2. The van der Waals surface area contributed by atoms with Gasteiger partial charge in [0.05, 0.1) is 0 Å². The Balaban J connectivity index is 1.69. The fraction of sp³-hybridized carbons (Fsp3) is 1.00. The van der Waals surface area contributed by atoms with Gasteiger partial charge in [0.1, 0.15) is 0 Å². The molecule has 0 bridgehead atoms. The van der Waals surface area contributed by atoms with E-state index >= 15 is 0 Å². The highest BCUT2D eigenvalue weighted by atomic mass is 32.2. The first-order chi connectivity index (χ1) is 6.81. The molecular formula is C11H22N2S. The molecule has 2 nitrogen and oxygen atoms in total. The van der Waals surface area contributed by atoms with Crippen LogP contribution in [-0.2, 0) is 0 Å². The highest BCUT2D eigenvalue weighted by molar-refractivity contribution is 7.98. The summed E-state index contributed by atoms with van der Waals surface area (Å²) in [6.45, 7) is 4.85. The van der Waals surface area contributed by atoms with Gasteiger partial charge in [0, 0.05) is 37.0 Å². The summed E-state index contributed by atoms with van der Waals surface area (Å²) in [6.07, 6.45) is 6.42. The standard InChI is InChI=1S/C11H22N2S/c1-9-7-10(12-5-6-14-2)8-13(9)11-3-4-11/h9-12H,3-8H2,1-2H3. The third kappa shape index (κ3) is 2.65. The molecule has 1 heterocycles. The lowest BCUT2D eigenvalue weighted by molar-refractivity contribution is 0.255. The smallest absolute Gasteiger partial charge is 0.0210 e. The van der Waals surface area contributed by atoms with Crippen LogP contribution in [-0.4, -0.2) is 48.1 Å². The average Bonchev–Trinajstić information content (AvgIpc) is 2.92. The van der Waals surface area contributed by atoms with Crippen molar-refractivity contribution in [3.05, 3.63) is 0 Å². The summed E-state index contributed by atoms with van der Waals surface area (Å²) in [5.74, 6) is 1.24. The Hall–Kier alpha value is 0.270. The Bertz CT molecular complexity index is 182. The first-order valence-corrected chi connectivity index (χ1v) is 7.18. The number of hydrogen-bond acceptors (Lipinski definition) is 3. The lowest BCUT2D eigenvalue weighted by Gasteiger charge is -2.19. The molecule has 2 fully saturated rings. The predicted octanol–water partition coefficient (Wildman–Crippen LogP) is 1.56. The van der Waals surface area contributed by atoms with Crippen molar-refractivity contribution < 1.29 is 0 Å². The Morgan fingerprint density at radius 1 is 1.43 bits per heavy atom. The normalized spacial score (nSPS) is 33.9. The summed E-state index contributed by atoms with van der Waals surface area (Å²) < 4.78 is 0. The van der Waals surface area contributed by atoms with Crippen molar-refractivity contribution in [2.75, 3.05) is 25.1 Å². The number of nitrogens with one attached hydrogen (secondary N) is 1. The largest absolute Gasteiger partial charge is 0.312 e. The van der Waals surface area contributed by atoms with E-state index in [1.807, 2.05) is 11.8 Å². The van der Waals surface area contributed by atoms with Gasteiger partial charge in [0.25, 0.3) is 0 Å². The molecule has 0 aromatic carbocycles. The highest BCUT2D eigenvalue weighted by Crippen LogP contribution is 2.33. The van der Waals surface area contributed by atoms with Gasteiger partial charge in [-0.15, -0.1) is 0 Å². The zero-order chi connectivity index (χ0) is 9.97. The van der Waals surface area contributed by atoms with Crippen LogP contribution in [0.4, 0.5) is 0 Å². The van der Waals surface area contributed by atoms with Gasteiger partial charge in [-0.3, -0.25) is 4.90 Å². The molecule has 0 radical (unpaired) electrons. The molecule has 2 rings (SSSR count). The number of hydrogen-bond donors (Lipinski definition) is 1. The maximum absolute atomic E-state index is 3.66. The van der Waals surface area contributed by atoms with Gasteiger partial charge in [0.2, 0.25) is 0 Å². The van der Waals surface area contributed by atoms with E-state index in [0.29, 0.717) is 0 Å². The van der Waals surface area contributed by atoms with Gasteiger partial charge in [0.15, 0.2) is 0 Å². The molecule has 0 aromatic rings. The summed E-state index contributed by atoms with van der Waals surface area (Å²) in [4.78, 5) is 2.71. The molecule has 14 heavy (non-hydrogen) atoms. The van der Waals surface area contributed by atoms with Gasteiger partial charge in [-0.25, -0.2) is 0 Å². The van der Waals surface area contributed by atoms with Crippen LogP contribution in [0.1, 0.15) is 26.2 Å². The van der Waals surface area contributed by atoms with E-state index in [1.165, 1.54) is 38.1 Å². The molecular weight excluding hydrogens is 192 g/mol. The van der Waals surface area contributed by atoms with Gasteiger partial charge >= 0.3 is 0 Å². The van der Waals surface area contributed by atoms with E-state index in [4.69, 9.17) is 0 Å². The van der Waals surface area contributed by atoms with Crippen LogP contribution in [0.2, 0.25) is 0 Å². The maximum atomic E-state index is 3.66. The van der Waals surface area contributed by atoms with Crippen LogP contribution < -0.4 is 5.32 Å². The lowest BCUT2D eigenvalue weighted by Crippen LogP contribution is -2.35. The third-order valence-electron chi connectivity index (χ3n) is 3.38. The molecule has 0 spiro atoms. The average molecular weight is 214 g/mol. The minimum atomic E-state index is 0.762. The summed E-state index contributed by atoms with van der Waals surface area (Å²) >= 11 is 1.93. The van der Waals surface area contributed by atoms with Crippen molar-refractivity contribution in [1.29, 1.82) is 0 Å². The van der Waals surface area contributed by atoms with Crippen molar-refractivity contribution in [2.24, 2.45) is 0 Å². The van der Waals surface area contributed by atoms with Gasteiger partial charge in [-0.05, 0) is 32.4 Å². The zero-order valence-corrected chi connectivity index (χ0v) is 10.1. The first kappa shape index (κ1) is 10.8. The first-order valence-electron chi connectivity index (χ1n) is 5.79. The number of thioether (sulfide) groups is 1. The molecule has 2 atom stereocenters. The Morgan fingerprint density at radius 3 is 2.86 bits per heavy atom. The number of nitrogens with zero attached hydrogens (tertiary/aromatic N) is 1. The summed E-state index contributed by atoms with van der Waals surface area (Å²) in [5.41, 5.74) is 0. The van der Waals surface area contributed by atoms with Gasteiger partial charge in [-0.2, -0.15) is 11.8 Å². The van der Waals surface area contributed by atoms with Gasteiger partial charge < -0.3 is 5.32 Å². The fourth-order valence-corrected chi connectivity index (χ4v) is 2.81. The van der Waals surface area contributed by atoms with E-state index < -0.39 is 0 Å². The van der Waals surface area contributed by atoms with E-state index in [-0.39, 0.29) is 0 Å². The Labute approximate surface area is 91.8 Å². The SMILES string of the molecule is CSCCNC1CC(C)N(C2CC2)C1. The van der Waals surface area contributed by atoms with Crippen molar-refractivity contribution in [3.8, 4) is 0 Å². The Kier molecular flexibility index (Phi) is 3.74. The molecule has 82 valence electrons. The maximum Gasteiger partial charge on any atom is 0.0210 e. The van der Waals surface area contributed by atoms with Crippen LogP contribution in [0, 0.1) is 0 Å². The molecule has 2 aliphatic rings. The minimum Gasteiger partial charge on any atom is -0.312 e. The van der Waals surface area contributed by atoms with Crippen molar-refractivity contribution in [1.82, 2.24) is 10.2 Å². The van der Waals surface area contributed by atoms with Crippen LogP contribution in [0.3, 0.4) is 0 Å². The second-order valence-electron chi connectivity index (χ2n) is 4.66. The molecule has 3 heteroatoms. The van der Waals surface area contributed by atoms with Crippen LogP contribution >= 0.6 is 11.8 Å². The summed E-state index contributed by atoms with van der Waals surface area (Å²) in [6, 6.07) is 2.52. The van der Waals surface area contributed by atoms with Crippen molar-refractivity contribution in [2.45, 2.75) is 44.3 Å². The molecule has 1 N–H and O–H groups in total. The minimum absolute atomic E-state index is 0.762. The van der Waals surface area contributed by atoms with E-state index in [1.54, 1.807) is 0 Å². The molecule has 0 amide bonds. The third-order valence-corrected chi connectivity index (χ3v) is 3.99. The van der Waals surface area contributed by atoms with Crippen molar-refractivity contribution in [3.63, 3.8) is 0 Å². The van der Waals surface area contributed by atoms with Crippen LogP contribution in [0.15, 0.2) is 0 Å². The second kappa shape index (κ2) is 4.86. The molecule has 1 aliphatic carbocycles. The van der Waals surface area contributed by atoms with E-state index in [2.05, 4.69) is 23.4 Å². The number of rotatable bonds is 5. The van der Waals surface area contributed by atoms with Crippen LogP contribution in [0.5, 0.6) is 0 Å². The van der Waals surface area contributed by atoms with E-state index in [0.717, 1.165) is 18.1 Å². The second-order valence-corrected chi connectivity index (χ2v) is 5.64.